The Bertz CT molecular complexity index is 620. The lowest BCUT2D eigenvalue weighted by Crippen LogP contribution is -2.26. The molecule has 0 aliphatic carbocycles. The van der Waals surface area contributed by atoms with Gasteiger partial charge in [0.05, 0.1) is 19.9 Å². The van der Waals surface area contributed by atoms with Crippen molar-refractivity contribution in [2.75, 3.05) is 6.54 Å². The molecule has 0 unspecified atom stereocenters. The molecule has 8 heteroatoms. The van der Waals surface area contributed by atoms with Crippen molar-refractivity contribution in [3.63, 3.8) is 0 Å². The van der Waals surface area contributed by atoms with Gasteiger partial charge in [0.1, 0.15) is 0 Å². The number of rotatable bonds is 5. The number of aryl methyl sites for hydroxylation is 1. The van der Waals surface area contributed by atoms with Gasteiger partial charge >= 0.3 is 0 Å². The first kappa shape index (κ1) is 14.1. The van der Waals surface area contributed by atoms with Crippen LogP contribution in [-0.4, -0.2) is 19.9 Å². The minimum absolute atomic E-state index is 0.345. The minimum atomic E-state index is -3.42. The number of thiazole rings is 1. The van der Waals surface area contributed by atoms with Gasteiger partial charge in [0.2, 0.25) is 10.0 Å². The average Bonchev–Trinajstić information content (AvgIpc) is 2.88. The van der Waals surface area contributed by atoms with E-state index in [9.17, 15) is 8.42 Å². The summed E-state index contributed by atoms with van der Waals surface area (Å²) in [6, 6.07) is 1.63. The highest BCUT2D eigenvalue weighted by molar-refractivity contribution is 9.11. The SMILES string of the molecule is Cc1sc(Br)cc1S(=O)(=O)NCCc1cscn1. The lowest BCUT2D eigenvalue weighted by atomic mass is 10.3. The van der Waals surface area contributed by atoms with E-state index in [1.54, 1.807) is 18.5 Å². The minimum Gasteiger partial charge on any atom is -0.250 e. The van der Waals surface area contributed by atoms with Crippen LogP contribution >= 0.6 is 38.6 Å². The first-order chi connectivity index (χ1) is 8.49. The summed E-state index contributed by atoms with van der Waals surface area (Å²) in [6.45, 7) is 2.16. The largest absolute Gasteiger partial charge is 0.250 e. The van der Waals surface area contributed by atoms with Crippen molar-refractivity contribution in [3.8, 4) is 0 Å². The number of halogens is 1. The summed E-state index contributed by atoms with van der Waals surface area (Å²) >= 11 is 6.21. The Hall–Kier alpha value is -0.280. The molecular weight excluding hydrogens is 356 g/mol. The molecule has 98 valence electrons. The van der Waals surface area contributed by atoms with Gasteiger partial charge in [0, 0.05) is 23.2 Å². The maximum absolute atomic E-state index is 12.1. The van der Waals surface area contributed by atoms with E-state index in [0.717, 1.165) is 14.4 Å². The topological polar surface area (TPSA) is 59.1 Å². The van der Waals surface area contributed by atoms with Crippen molar-refractivity contribution in [2.24, 2.45) is 0 Å². The molecule has 0 saturated carbocycles. The van der Waals surface area contributed by atoms with Crippen LogP contribution in [0.3, 0.4) is 0 Å². The lowest BCUT2D eigenvalue weighted by molar-refractivity contribution is 0.581. The molecule has 0 spiro atoms. The van der Waals surface area contributed by atoms with Gasteiger partial charge in [-0.15, -0.1) is 22.7 Å². The third-order valence-corrected chi connectivity index (χ3v) is 6.19. The summed E-state index contributed by atoms with van der Waals surface area (Å²) in [5.74, 6) is 0. The van der Waals surface area contributed by atoms with Crippen molar-refractivity contribution >= 4 is 48.6 Å². The second-order valence-corrected chi connectivity index (χ2v) is 8.69. The molecule has 0 atom stereocenters. The molecule has 0 aliphatic rings. The summed E-state index contributed by atoms with van der Waals surface area (Å²) in [7, 11) is -3.42. The first-order valence-electron chi connectivity index (χ1n) is 5.12. The summed E-state index contributed by atoms with van der Waals surface area (Å²) in [5.41, 5.74) is 2.65. The maximum atomic E-state index is 12.1. The smallest absolute Gasteiger partial charge is 0.241 e. The van der Waals surface area contributed by atoms with Crippen LogP contribution in [-0.2, 0) is 16.4 Å². The van der Waals surface area contributed by atoms with Gasteiger partial charge in [0.15, 0.2) is 0 Å². The van der Waals surface area contributed by atoms with Gasteiger partial charge < -0.3 is 0 Å². The molecule has 0 radical (unpaired) electrons. The Morgan fingerprint density at radius 1 is 1.50 bits per heavy atom. The molecular formula is C10H11BrN2O2S3. The third-order valence-electron chi connectivity index (χ3n) is 2.29. The summed E-state index contributed by atoms with van der Waals surface area (Å²) < 4.78 is 27.5. The molecule has 1 N–H and O–H groups in total. The van der Waals surface area contributed by atoms with Gasteiger partial charge in [-0.05, 0) is 28.9 Å². The summed E-state index contributed by atoms with van der Waals surface area (Å²) in [6.07, 6.45) is 0.604. The van der Waals surface area contributed by atoms with Gasteiger partial charge in [-0.2, -0.15) is 0 Å². The number of aromatic nitrogens is 1. The normalized spacial score (nSPS) is 11.9. The van der Waals surface area contributed by atoms with E-state index in [1.165, 1.54) is 22.7 Å². The van der Waals surface area contributed by atoms with Crippen molar-refractivity contribution in [1.29, 1.82) is 0 Å². The average molecular weight is 367 g/mol. The van der Waals surface area contributed by atoms with E-state index in [-0.39, 0.29) is 0 Å². The van der Waals surface area contributed by atoms with Crippen LogP contribution in [0.5, 0.6) is 0 Å². The van der Waals surface area contributed by atoms with Crippen molar-refractivity contribution in [2.45, 2.75) is 18.2 Å². The Balaban J connectivity index is 2.02. The van der Waals surface area contributed by atoms with E-state index >= 15 is 0 Å². The lowest BCUT2D eigenvalue weighted by Gasteiger charge is -2.04. The molecule has 18 heavy (non-hydrogen) atoms. The highest BCUT2D eigenvalue weighted by Crippen LogP contribution is 2.29. The number of sulfonamides is 1. The standard InChI is InChI=1S/C10H11BrN2O2S3/c1-7-9(4-10(11)17-7)18(14,15)13-3-2-8-5-16-6-12-8/h4-6,13H,2-3H2,1H3. The number of nitrogens with zero attached hydrogens (tertiary/aromatic N) is 1. The highest BCUT2D eigenvalue weighted by atomic mass is 79.9. The Labute approximate surface area is 122 Å². The molecule has 0 bridgehead atoms. The molecule has 2 rings (SSSR count). The fourth-order valence-corrected chi connectivity index (χ4v) is 5.49. The fraction of sp³-hybridized carbons (Fsp3) is 0.300. The zero-order valence-electron chi connectivity index (χ0n) is 9.51. The van der Waals surface area contributed by atoms with Gasteiger partial charge in [-0.3, -0.25) is 0 Å². The molecule has 0 aliphatic heterocycles. The molecule has 2 heterocycles. The summed E-state index contributed by atoms with van der Waals surface area (Å²) in [5, 5.41) is 1.92. The molecule has 2 aromatic heterocycles. The second kappa shape index (κ2) is 5.79. The number of nitrogens with one attached hydrogen (secondary N) is 1. The van der Waals surface area contributed by atoms with Crippen LogP contribution in [0.1, 0.15) is 10.6 Å². The van der Waals surface area contributed by atoms with Crippen molar-refractivity contribution in [1.82, 2.24) is 9.71 Å². The Morgan fingerprint density at radius 3 is 2.83 bits per heavy atom. The summed E-state index contributed by atoms with van der Waals surface area (Å²) in [4.78, 5) is 5.23. The predicted molar refractivity (Wildman–Crippen MR) is 77.8 cm³/mol. The van der Waals surface area contributed by atoms with E-state index in [0.29, 0.717) is 17.9 Å². The van der Waals surface area contributed by atoms with Crippen LogP contribution < -0.4 is 4.72 Å². The Morgan fingerprint density at radius 2 is 2.28 bits per heavy atom. The van der Waals surface area contributed by atoms with Crippen LogP contribution in [0.4, 0.5) is 0 Å². The van der Waals surface area contributed by atoms with E-state index in [1.807, 2.05) is 5.38 Å². The van der Waals surface area contributed by atoms with Crippen molar-refractivity contribution < 1.29 is 8.42 Å². The number of hydrogen-bond acceptors (Lipinski definition) is 5. The van der Waals surface area contributed by atoms with E-state index < -0.39 is 10.0 Å². The number of thiophene rings is 1. The number of hydrogen-bond donors (Lipinski definition) is 1. The second-order valence-electron chi connectivity index (χ2n) is 3.60. The van der Waals surface area contributed by atoms with Crippen LogP contribution in [0.25, 0.3) is 0 Å². The monoisotopic (exact) mass is 366 g/mol. The zero-order valence-corrected chi connectivity index (χ0v) is 13.5. The molecule has 0 aromatic carbocycles. The van der Waals surface area contributed by atoms with Gasteiger partial charge in [0.25, 0.3) is 0 Å². The first-order valence-corrected chi connectivity index (χ1v) is 9.15. The van der Waals surface area contributed by atoms with Gasteiger partial charge in [-0.1, -0.05) is 0 Å². The van der Waals surface area contributed by atoms with Crippen LogP contribution in [0.15, 0.2) is 25.6 Å². The maximum Gasteiger partial charge on any atom is 0.241 e. The third kappa shape index (κ3) is 3.39. The quantitative estimate of drug-likeness (QED) is 0.884. The van der Waals surface area contributed by atoms with Gasteiger partial charge in [-0.25, -0.2) is 18.1 Å². The molecule has 0 fully saturated rings. The molecule has 0 saturated heterocycles. The highest BCUT2D eigenvalue weighted by Gasteiger charge is 2.18. The molecule has 0 amide bonds. The predicted octanol–water partition coefficient (Wildman–Crippen LogP) is 2.80. The fourth-order valence-electron chi connectivity index (χ4n) is 1.45. The molecule has 4 nitrogen and oxygen atoms in total. The Kier molecular flexibility index (Phi) is 4.54. The zero-order chi connectivity index (χ0) is 13.2. The van der Waals surface area contributed by atoms with Crippen LogP contribution in [0.2, 0.25) is 0 Å². The van der Waals surface area contributed by atoms with Crippen molar-refractivity contribution in [3.05, 3.63) is 31.3 Å². The van der Waals surface area contributed by atoms with E-state index in [2.05, 4.69) is 25.6 Å². The van der Waals surface area contributed by atoms with E-state index in [4.69, 9.17) is 0 Å². The van der Waals surface area contributed by atoms with Crippen LogP contribution in [0, 0.1) is 6.92 Å². The molecule has 2 aromatic rings.